The number of nitrogens with two attached hydrogens (primary N) is 1. The number of ether oxygens (including phenoxy) is 3. The Morgan fingerprint density at radius 2 is 1.63 bits per heavy atom. The molecule has 0 rings (SSSR count). The number of rotatable bonds is 5. The van der Waals surface area contributed by atoms with Crippen LogP contribution in [0.3, 0.4) is 0 Å². The minimum absolute atomic E-state index is 0.0279. The molecule has 0 fully saturated rings. The molecule has 0 bridgehead atoms. The van der Waals surface area contributed by atoms with E-state index in [4.69, 9.17) is 15.2 Å². The van der Waals surface area contributed by atoms with E-state index in [1.807, 2.05) is 34.6 Å². The highest BCUT2D eigenvalue weighted by Gasteiger charge is 2.17. The van der Waals surface area contributed by atoms with Gasteiger partial charge in [-0.2, -0.15) is 0 Å². The van der Waals surface area contributed by atoms with Crippen LogP contribution in [0.25, 0.3) is 0 Å². The Kier molecular flexibility index (Phi) is 11.9. The summed E-state index contributed by atoms with van der Waals surface area (Å²) in [6.07, 6.45) is -0.406. The highest BCUT2D eigenvalue weighted by atomic mass is 16.6. The van der Waals surface area contributed by atoms with Gasteiger partial charge in [0.05, 0.1) is 19.3 Å². The smallest absolute Gasteiger partial charge is 0.407 e. The van der Waals surface area contributed by atoms with Crippen molar-refractivity contribution in [3.8, 4) is 0 Å². The first-order valence-electron chi connectivity index (χ1n) is 6.35. The van der Waals surface area contributed by atoms with Gasteiger partial charge < -0.3 is 25.3 Å². The fraction of sp³-hybridized carbons (Fsp3) is 0.923. The lowest BCUT2D eigenvalue weighted by atomic mass is 10.2. The molecule has 19 heavy (non-hydrogen) atoms. The van der Waals surface area contributed by atoms with E-state index in [0.29, 0.717) is 13.2 Å². The van der Waals surface area contributed by atoms with Gasteiger partial charge in [0.25, 0.3) is 0 Å². The molecule has 0 aromatic carbocycles. The number of carbonyl (C=O) groups excluding carboxylic acids is 1. The Labute approximate surface area is 117 Å². The second-order valence-electron chi connectivity index (χ2n) is 5.44. The van der Waals surface area contributed by atoms with Crippen molar-refractivity contribution in [3.05, 3.63) is 0 Å². The maximum absolute atomic E-state index is 11.2. The molecule has 0 unspecified atom stereocenters. The summed E-state index contributed by atoms with van der Waals surface area (Å²) in [6, 6.07) is 0.148. The third-order valence-electron chi connectivity index (χ3n) is 1.61. The van der Waals surface area contributed by atoms with E-state index < -0.39 is 11.7 Å². The van der Waals surface area contributed by atoms with Gasteiger partial charge in [-0.1, -0.05) is 0 Å². The first-order valence-corrected chi connectivity index (χ1v) is 6.35. The van der Waals surface area contributed by atoms with Crippen LogP contribution in [0.1, 0.15) is 34.6 Å². The van der Waals surface area contributed by atoms with Gasteiger partial charge in [-0.25, -0.2) is 4.79 Å². The summed E-state index contributed by atoms with van der Waals surface area (Å²) in [7, 11) is 3.23. The quantitative estimate of drug-likeness (QED) is 0.797. The maximum atomic E-state index is 11.2. The fourth-order valence-electron chi connectivity index (χ4n) is 1.06. The molecule has 0 saturated heterocycles. The van der Waals surface area contributed by atoms with Gasteiger partial charge in [-0.3, -0.25) is 0 Å². The number of methoxy groups -OCH3 is 2. The molecule has 1 amide bonds. The maximum Gasteiger partial charge on any atom is 0.407 e. The molecule has 0 heterocycles. The highest BCUT2D eigenvalue weighted by molar-refractivity contribution is 5.68. The summed E-state index contributed by atoms with van der Waals surface area (Å²) >= 11 is 0. The van der Waals surface area contributed by atoms with Crippen LogP contribution in [0.4, 0.5) is 4.79 Å². The van der Waals surface area contributed by atoms with E-state index in [-0.39, 0.29) is 12.1 Å². The van der Waals surface area contributed by atoms with Crippen molar-refractivity contribution < 1.29 is 19.0 Å². The van der Waals surface area contributed by atoms with Gasteiger partial charge in [0, 0.05) is 20.3 Å². The summed E-state index contributed by atoms with van der Waals surface area (Å²) in [5, 5.41) is 2.65. The molecule has 0 aliphatic carbocycles. The van der Waals surface area contributed by atoms with Crippen LogP contribution in [0, 0.1) is 0 Å². The van der Waals surface area contributed by atoms with Gasteiger partial charge >= 0.3 is 6.09 Å². The van der Waals surface area contributed by atoms with Crippen molar-refractivity contribution in [1.82, 2.24) is 5.32 Å². The average Bonchev–Trinajstić information content (AvgIpc) is 2.14. The Bertz CT molecular complexity index is 227. The third kappa shape index (κ3) is 19.7. The number of nitrogens with one attached hydrogen (secondary N) is 1. The average molecular weight is 278 g/mol. The molecule has 6 heteroatoms. The summed E-state index contributed by atoms with van der Waals surface area (Å²) in [6.45, 7) is 10.4. The van der Waals surface area contributed by atoms with E-state index in [0.717, 1.165) is 0 Å². The second kappa shape index (κ2) is 11.0. The van der Waals surface area contributed by atoms with Gasteiger partial charge in [-0.05, 0) is 34.6 Å². The number of hydrogen-bond acceptors (Lipinski definition) is 5. The normalized spacial score (nSPS) is 13.9. The van der Waals surface area contributed by atoms with Crippen LogP contribution < -0.4 is 11.1 Å². The number of hydrogen-bond donors (Lipinski definition) is 2. The van der Waals surface area contributed by atoms with Crippen LogP contribution in [0.15, 0.2) is 0 Å². The van der Waals surface area contributed by atoms with E-state index in [1.165, 1.54) is 0 Å². The zero-order valence-corrected chi connectivity index (χ0v) is 13.3. The number of carbonyl (C=O) groups is 1. The van der Waals surface area contributed by atoms with E-state index in [9.17, 15) is 4.79 Å². The van der Waals surface area contributed by atoms with Gasteiger partial charge in [0.2, 0.25) is 0 Å². The molecule has 0 spiro atoms. The molecule has 0 aromatic rings. The molecule has 116 valence electrons. The highest BCUT2D eigenvalue weighted by Crippen LogP contribution is 2.06. The Balaban J connectivity index is 0. The Morgan fingerprint density at radius 1 is 1.16 bits per heavy atom. The summed E-state index contributed by atoms with van der Waals surface area (Å²) < 4.78 is 14.6. The van der Waals surface area contributed by atoms with Crippen molar-refractivity contribution in [2.75, 3.05) is 27.4 Å². The molecule has 6 nitrogen and oxygen atoms in total. The Morgan fingerprint density at radius 3 is 1.89 bits per heavy atom. The van der Waals surface area contributed by atoms with Crippen molar-refractivity contribution in [3.63, 3.8) is 0 Å². The summed E-state index contributed by atoms with van der Waals surface area (Å²) in [5.74, 6) is 0. The predicted molar refractivity (Wildman–Crippen MR) is 76.2 cm³/mol. The molecule has 0 aliphatic heterocycles. The predicted octanol–water partition coefficient (Wildman–Crippen LogP) is 1.53. The molecule has 3 N–H and O–H groups in total. The number of amides is 1. The van der Waals surface area contributed by atoms with E-state index >= 15 is 0 Å². The largest absolute Gasteiger partial charge is 0.444 e. The van der Waals surface area contributed by atoms with Crippen LogP contribution >= 0.6 is 0 Å². The third-order valence-corrected chi connectivity index (χ3v) is 1.61. The molecule has 2 atom stereocenters. The van der Waals surface area contributed by atoms with Crippen LogP contribution in [0.2, 0.25) is 0 Å². The minimum atomic E-state index is -0.448. The fourth-order valence-corrected chi connectivity index (χ4v) is 1.06. The topological polar surface area (TPSA) is 82.8 Å². The lowest BCUT2D eigenvalue weighted by Gasteiger charge is -2.21. The zero-order chi connectivity index (χ0) is 15.5. The number of alkyl carbamates (subject to hydrolysis) is 1. The molecule has 0 aliphatic rings. The lowest BCUT2D eigenvalue weighted by molar-refractivity contribution is 0.0477. The molecule has 0 radical (unpaired) electrons. The Hall–Kier alpha value is -0.850. The SMILES string of the molecule is COC[C@H](C)N.COC[C@H](C)NC(=O)OC(C)(C)C. The van der Waals surface area contributed by atoms with Gasteiger partial charge in [0.1, 0.15) is 5.60 Å². The van der Waals surface area contributed by atoms with Gasteiger partial charge in [0.15, 0.2) is 0 Å². The van der Waals surface area contributed by atoms with E-state index in [1.54, 1.807) is 14.2 Å². The van der Waals surface area contributed by atoms with Crippen LogP contribution in [-0.2, 0) is 14.2 Å². The standard InChI is InChI=1S/C9H19NO3.C4H11NO/c1-7(6-12-5)10-8(11)13-9(2,3)4;1-4(5)3-6-2/h7H,6H2,1-5H3,(H,10,11);4H,3,5H2,1-2H3/t7-;4-/m00/s1. The van der Waals surface area contributed by atoms with Crippen molar-refractivity contribution in [2.24, 2.45) is 5.73 Å². The van der Waals surface area contributed by atoms with Crippen LogP contribution in [0.5, 0.6) is 0 Å². The first-order chi connectivity index (χ1) is 8.62. The second-order valence-corrected chi connectivity index (χ2v) is 5.44. The first kappa shape index (κ1) is 20.5. The van der Waals surface area contributed by atoms with Crippen molar-refractivity contribution >= 4 is 6.09 Å². The summed E-state index contributed by atoms with van der Waals surface area (Å²) in [5.41, 5.74) is 4.83. The van der Waals surface area contributed by atoms with E-state index in [2.05, 4.69) is 10.1 Å². The van der Waals surface area contributed by atoms with Crippen molar-refractivity contribution in [2.45, 2.75) is 52.3 Å². The molecule has 0 aromatic heterocycles. The molecular weight excluding hydrogens is 248 g/mol. The molecular formula is C13H30N2O4. The van der Waals surface area contributed by atoms with Crippen LogP contribution in [-0.4, -0.2) is 51.2 Å². The zero-order valence-electron chi connectivity index (χ0n) is 13.3. The van der Waals surface area contributed by atoms with Crippen molar-refractivity contribution in [1.29, 1.82) is 0 Å². The summed E-state index contributed by atoms with van der Waals surface area (Å²) in [4.78, 5) is 11.2. The monoisotopic (exact) mass is 278 g/mol. The lowest BCUT2D eigenvalue weighted by Crippen LogP contribution is -2.39. The minimum Gasteiger partial charge on any atom is -0.444 e. The molecule has 0 saturated carbocycles. The van der Waals surface area contributed by atoms with Gasteiger partial charge in [-0.15, -0.1) is 0 Å².